The Balaban J connectivity index is -0.0000000132. The summed E-state index contributed by atoms with van der Waals surface area (Å²) in [6.45, 7) is 8.62. The average Bonchev–Trinajstić information content (AvgIpc) is 1.68. The summed E-state index contributed by atoms with van der Waals surface area (Å²) in [5.74, 6) is -0.463. The predicted octanol–water partition coefficient (Wildman–Crippen LogP) is -0.931. The van der Waals surface area contributed by atoms with Gasteiger partial charge in [0.05, 0.1) is 0 Å². The van der Waals surface area contributed by atoms with Gasteiger partial charge >= 0.3 is 94.6 Å². The quantitative estimate of drug-likeness (QED) is 0.236. The monoisotopic (exact) mass is 238 g/mol. The number of rotatable bonds is 1. The van der Waals surface area contributed by atoms with Gasteiger partial charge in [-0.1, -0.05) is 0 Å². The van der Waals surface area contributed by atoms with Gasteiger partial charge in [0, 0.05) is 6.92 Å². The van der Waals surface area contributed by atoms with Crippen molar-refractivity contribution < 1.29 is 14.6 Å². The van der Waals surface area contributed by atoms with Crippen molar-refractivity contribution in [3.63, 3.8) is 0 Å². The molecule has 8 heteroatoms. The zero-order chi connectivity index (χ0) is 7.86. The number of hydrogen-bond donors (Lipinski definition) is 3. The fourth-order valence-corrected chi connectivity index (χ4v) is 0.240. The standard InChI is InChI=1S/C4H8O3.C2H4.2H3N.3Na.3H/c1-3(5)7-4(2)6;1-2;;;;;;;;/h3,5H,1-2H3;1-2H2;2*1H3;;;;;;. The van der Waals surface area contributed by atoms with Gasteiger partial charge in [-0.3, -0.25) is 4.79 Å². The molecule has 1 unspecified atom stereocenters. The topological polar surface area (TPSA) is 117 Å². The van der Waals surface area contributed by atoms with E-state index in [2.05, 4.69) is 17.9 Å². The predicted molar refractivity (Wildman–Crippen MR) is 66.2 cm³/mol. The van der Waals surface area contributed by atoms with Crippen molar-refractivity contribution in [3.8, 4) is 0 Å². The van der Waals surface area contributed by atoms with Gasteiger partial charge in [0.2, 0.25) is 0 Å². The van der Waals surface area contributed by atoms with E-state index in [1.165, 1.54) is 13.8 Å². The third-order valence-corrected chi connectivity index (χ3v) is 0.337. The first kappa shape index (κ1) is 44.3. The number of ether oxygens (including phenoxy) is 1. The van der Waals surface area contributed by atoms with Gasteiger partial charge in [-0.25, -0.2) is 0 Å². The molecule has 0 heterocycles. The van der Waals surface area contributed by atoms with E-state index < -0.39 is 12.3 Å². The van der Waals surface area contributed by atoms with E-state index in [-0.39, 0.29) is 101 Å². The molecular formula is C6H21N2Na3O3. The molecule has 0 rings (SSSR count). The molecule has 0 aliphatic rings. The third-order valence-electron chi connectivity index (χ3n) is 0.337. The van der Waals surface area contributed by atoms with E-state index in [0.29, 0.717) is 0 Å². The van der Waals surface area contributed by atoms with Crippen LogP contribution in [-0.4, -0.2) is 106 Å². The summed E-state index contributed by atoms with van der Waals surface area (Å²) in [6.07, 6.45) is -0.975. The first-order chi connectivity index (χ1) is 4.13. The Morgan fingerprint density at radius 3 is 1.43 bits per heavy atom. The zero-order valence-electron chi connectivity index (χ0n) is 7.17. The molecule has 1 atom stereocenters. The van der Waals surface area contributed by atoms with Crippen LogP contribution in [0, 0.1) is 0 Å². The molecule has 0 bridgehead atoms. The van der Waals surface area contributed by atoms with Crippen LogP contribution in [0.15, 0.2) is 13.2 Å². The molecule has 0 aliphatic carbocycles. The summed E-state index contributed by atoms with van der Waals surface area (Å²) < 4.78 is 4.17. The van der Waals surface area contributed by atoms with E-state index in [1.54, 1.807) is 0 Å². The number of aliphatic hydroxyl groups excluding tert-OH is 1. The van der Waals surface area contributed by atoms with Crippen LogP contribution in [0.25, 0.3) is 0 Å². The normalized spacial score (nSPS) is 6.79. The van der Waals surface area contributed by atoms with Crippen LogP contribution in [0.1, 0.15) is 13.8 Å². The van der Waals surface area contributed by atoms with E-state index in [0.717, 1.165) is 0 Å². The van der Waals surface area contributed by atoms with Gasteiger partial charge in [-0.15, -0.1) is 13.2 Å². The molecule has 0 saturated carbocycles. The van der Waals surface area contributed by atoms with Crippen molar-refractivity contribution >= 4 is 94.6 Å². The van der Waals surface area contributed by atoms with E-state index in [9.17, 15) is 4.79 Å². The first-order valence-corrected chi connectivity index (χ1v) is 2.48. The second-order valence-electron chi connectivity index (χ2n) is 1.21. The molecular weight excluding hydrogens is 217 g/mol. The van der Waals surface area contributed by atoms with Crippen LogP contribution < -0.4 is 12.3 Å². The minimum atomic E-state index is -0.975. The molecule has 0 aromatic rings. The number of esters is 1. The van der Waals surface area contributed by atoms with Gasteiger partial charge in [0.1, 0.15) is 0 Å². The maximum absolute atomic E-state index is 9.87. The Labute approximate surface area is 152 Å². The Kier molecular flexibility index (Phi) is 115. The molecule has 7 N–H and O–H groups in total. The second-order valence-corrected chi connectivity index (χ2v) is 1.21. The van der Waals surface area contributed by atoms with Gasteiger partial charge < -0.3 is 22.1 Å². The first-order valence-electron chi connectivity index (χ1n) is 2.48. The summed E-state index contributed by atoms with van der Waals surface area (Å²) in [5.41, 5.74) is 0. The molecule has 0 aliphatic heterocycles. The van der Waals surface area contributed by atoms with E-state index in [1.807, 2.05) is 0 Å². The molecule has 0 amide bonds. The maximum atomic E-state index is 9.87. The fourth-order valence-electron chi connectivity index (χ4n) is 0.240. The molecule has 0 aromatic heterocycles. The Morgan fingerprint density at radius 1 is 1.21 bits per heavy atom. The Hall–Kier alpha value is 2.09. The molecule has 76 valence electrons. The van der Waals surface area contributed by atoms with Crippen molar-refractivity contribution in [2.45, 2.75) is 20.1 Å². The number of hydrogen-bond acceptors (Lipinski definition) is 5. The van der Waals surface area contributed by atoms with Crippen molar-refractivity contribution in [2.75, 3.05) is 0 Å². The average molecular weight is 238 g/mol. The van der Waals surface area contributed by atoms with E-state index in [4.69, 9.17) is 5.11 Å². The summed E-state index contributed by atoms with van der Waals surface area (Å²) in [7, 11) is 0. The SMILES string of the molecule is C=C.CC(=O)OC(C)O.N.N.[NaH].[NaH].[NaH]. The molecule has 0 saturated heterocycles. The molecule has 0 spiro atoms. The fraction of sp³-hybridized carbons (Fsp3) is 0.500. The summed E-state index contributed by atoms with van der Waals surface area (Å²) in [4.78, 5) is 9.87. The summed E-state index contributed by atoms with van der Waals surface area (Å²) in [5, 5.41) is 8.28. The molecule has 0 radical (unpaired) electrons. The number of aliphatic hydroxyl groups is 1. The van der Waals surface area contributed by atoms with Crippen LogP contribution in [0.2, 0.25) is 0 Å². The summed E-state index contributed by atoms with van der Waals surface area (Å²) in [6, 6.07) is 0. The molecule has 14 heavy (non-hydrogen) atoms. The van der Waals surface area contributed by atoms with Gasteiger partial charge in [-0.2, -0.15) is 0 Å². The van der Waals surface area contributed by atoms with Crippen LogP contribution in [0.4, 0.5) is 0 Å². The molecule has 5 nitrogen and oxygen atoms in total. The van der Waals surface area contributed by atoms with Crippen LogP contribution in [-0.2, 0) is 9.53 Å². The van der Waals surface area contributed by atoms with Crippen LogP contribution in [0.5, 0.6) is 0 Å². The van der Waals surface area contributed by atoms with Crippen LogP contribution >= 0.6 is 0 Å². The number of carbonyl (C=O) groups is 1. The van der Waals surface area contributed by atoms with E-state index >= 15 is 0 Å². The van der Waals surface area contributed by atoms with Crippen LogP contribution in [0.3, 0.4) is 0 Å². The Morgan fingerprint density at radius 2 is 1.43 bits per heavy atom. The van der Waals surface area contributed by atoms with Crippen molar-refractivity contribution in [1.82, 2.24) is 12.3 Å². The van der Waals surface area contributed by atoms with Crippen molar-refractivity contribution in [3.05, 3.63) is 13.2 Å². The summed E-state index contributed by atoms with van der Waals surface area (Å²) >= 11 is 0. The minimum absolute atomic E-state index is 0. The molecule has 0 aromatic carbocycles. The van der Waals surface area contributed by atoms with Gasteiger partial charge in [-0.05, 0) is 6.92 Å². The van der Waals surface area contributed by atoms with Crippen molar-refractivity contribution in [2.24, 2.45) is 0 Å². The second kappa shape index (κ2) is 36.3. The third kappa shape index (κ3) is 65.1. The number of carbonyl (C=O) groups excluding carboxylic acids is 1. The van der Waals surface area contributed by atoms with Crippen molar-refractivity contribution in [1.29, 1.82) is 0 Å². The van der Waals surface area contributed by atoms with Gasteiger partial charge in [0.15, 0.2) is 6.29 Å². The zero-order valence-corrected chi connectivity index (χ0v) is 7.17. The Bertz CT molecular complexity index is 96.4. The molecule has 0 fully saturated rings. The van der Waals surface area contributed by atoms with Gasteiger partial charge in [0.25, 0.3) is 0 Å².